The smallest absolute Gasteiger partial charge is 0.352 e. The van der Waals surface area contributed by atoms with E-state index < -0.39 is 58.5 Å². The fourth-order valence-electron chi connectivity index (χ4n) is 6.86. The number of anilines is 1. The van der Waals surface area contributed by atoms with Gasteiger partial charge in [-0.2, -0.15) is 0 Å². The van der Waals surface area contributed by atoms with E-state index in [1.54, 1.807) is 4.90 Å². The average Bonchev–Trinajstić information content (AvgIpc) is 3.70. The number of hydrogen-bond donors (Lipinski definition) is 6. The van der Waals surface area contributed by atoms with Gasteiger partial charge in [-0.3, -0.25) is 19.3 Å². The molecule has 3 saturated heterocycles. The number of phenolic OH excluding ortho intramolecular Hbond substituents is 2. The molecule has 1 unspecified atom stereocenters. The highest BCUT2D eigenvalue weighted by Gasteiger charge is 2.56. The first kappa shape index (κ1) is 35.2. The third-order valence-electron chi connectivity index (χ3n) is 9.45. The molecule has 0 aliphatic carbocycles. The van der Waals surface area contributed by atoms with Crippen molar-refractivity contribution in [2.24, 2.45) is 5.16 Å². The molecule has 3 amide bonds. The zero-order valence-corrected chi connectivity index (χ0v) is 28.8. The minimum absolute atomic E-state index is 0.00916. The number of carbonyl (C=O) groups excluding carboxylic acids is 3. The van der Waals surface area contributed by atoms with Crippen LogP contribution in [0.1, 0.15) is 35.8 Å². The summed E-state index contributed by atoms with van der Waals surface area (Å²) in [6, 6.07) is 1.45. The Morgan fingerprint density at radius 1 is 1.24 bits per heavy atom. The zero-order chi connectivity index (χ0) is 36.1. The maximum absolute atomic E-state index is 13.5. The summed E-state index contributed by atoms with van der Waals surface area (Å²) in [6.07, 6.45) is 0.269. The number of nitrogens with one attached hydrogen (secondary N) is 1. The van der Waals surface area contributed by atoms with Crippen LogP contribution in [-0.2, 0) is 24.0 Å². The fourth-order valence-corrected chi connectivity index (χ4v) is 8.98. The van der Waals surface area contributed by atoms with Crippen molar-refractivity contribution < 1.29 is 53.7 Å². The number of piperazine rings is 1. The van der Waals surface area contributed by atoms with Crippen LogP contribution in [0.25, 0.3) is 0 Å². The monoisotopic (exact) mass is 750 g/mol. The highest BCUT2D eigenvalue weighted by molar-refractivity contribution is 8.00. The number of aromatic nitrogens is 1. The molecule has 0 spiro atoms. The van der Waals surface area contributed by atoms with Gasteiger partial charge < -0.3 is 45.7 Å². The minimum atomic E-state index is -1.39. The first-order chi connectivity index (χ1) is 23.7. The van der Waals surface area contributed by atoms with E-state index in [-0.39, 0.29) is 44.8 Å². The number of oxime groups is 1. The van der Waals surface area contributed by atoms with Crippen LogP contribution < -0.4 is 11.1 Å². The highest BCUT2D eigenvalue weighted by Crippen LogP contribution is 2.43. The van der Waals surface area contributed by atoms with Crippen LogP contribution in [0.4, 0.5) is 5.13 Å². The van der Waals surface area contributed by atoms with E-state index in [9.17, 15) is 39.3 Å². The summed E-state index contributed by atoms with van der Waals surface area (Å²) in [7, 11) is 0. The Balaban J connectivity index is 1.18. The first-order valence-corrected chi connectivity index (χ1v) is 17.8. The number of amides is 3. The molecule has 5 heterocycles. The van der Waals surface area contributed by atoms with E-state index in [0.29, 0.717) is 36.2 Å². The SMILES string of the molecule is C[C@@H](O/N=C(\C(=O)N[C@@H]1C(=O)N2C(C(=O)O)=C(C[N+]34CCC[C@H]3CN(C(=O)c3ccc(O)c(O)c3Cl)CC4)CS[C@H]12)c1csc(N)n1)C(=O)O. The Kier molecular flexibility index (Phi) is 9.59. The van der Waals surface area contributed by atoms with Gasteiger partial charge in [0.2, 0.25) is 6.10 Å². The second-order valence-electron chi connectivity index (χ2n) is 12.4. The molecule has 1 aromatic heterocycles. The molecule has 5 atom stereocenters. The summed E-state index contributed by atoms with van der Waals surface area (Å²) < 4.78 is 0.545. The molecule has 17 nitrogen and oxygen atoms in total. The van der Waals surface area contributed by atoms with Crippen LogP contribution in [0.3, 0.4) is 0 Å². The number of fused-ring (bicyclic) bond motifs is 2. The number of nitrogens with zero attached hydrogens (tertiary/aromatic N) is 5. The van der Waals surface area contributed by atoms with Crippen molar-refractivity contribution in [1.29, 1.82) is 0 Å². The number of thiazole rings is 1. The third kappa shape index (κ3) is 6.29. The molecule has 4 aliphatic rings. The predicted molar refractivity (Wildman–Crippen MR) is 179 cm³/mol. The van der Waals surface area contributed by atoms with Crippen LogP contribution in [0.15, 0.2) is 33.9 Å². The molecular weight excluding hydrogens is 718 g/mol. The van der Waals surface area contributed by atoms with Gasteiger partial charge in [-0.25, -0.2) is 14.6 Å². The van der Waals surface area contributed by atoms with Crippen molar-refractivity contribution in [3.63, 3.8) is 0 Å². The molecule has 4 aliphatic heterocycles. The number of aliphatic carboxylic acids is 2. The van der Waals surface area contributed by atoms with E-state index >= 15 is 0 Å². The maximum atomic E-state index is 13.5. The number of quaternary nitrogens is 1. The lowest BCUT2D eigenvalue weighted by atomic mass is 10.0. The van der Waals surface area contributed by atoms with Crippen LogP contribution >= 0.6 is 34.7 Å². The van der Waals surface area contributed by atoms with Crippen molar-refractivity contribution in [1.82, 2.24) is 20.1 Å². The van der Waals surface area contributed by atoms with Gasteiger partial charge in [0.15, 0.2) is 22.3 Å². The van der Waals surface area contributed by atoms with Gasteiger partial charge in [0.1, 0.15) is 35.4 Å². The largest absolute Gasteiger partial charge is 0.504 e. The first-order valence-electron chi connectivity index (χ1n) is 15.5. The number of thioether (sulfide) groups is 1. The van der Waals surface area contributed by atoms with Gasteiger partial charge in [0, 0.05) is 29.5 Å². The topological polar surface area (TPSA) is 245 Å². The number of β-lactam (4-membered cyclic amide) rings is 1. The van der Waals surface area contributed by atoms with E-state index in [1.165, 1.54) is 41.1 Å². The standard InChI is InChI=1S/C30H32ClN7O10S2/c1-13(28(44)45)48-35-20(17-12-50-30(32)33-17)24(41)34-21-26(43)37-22(29(46)47)14(11-49-27(21)37)10-38-7-2-3-15(38)9-36(6-8-38)25(42)16-4-5-18(39)23(40)19(16)31/h4-5,12-13,15,21,27H,2-3,6-11H2,1H3,(H6-,32,33,34,35,39,40,41,42,44,45,46,47)/p+1/t13-,15+,21-,27-,38?/m1/s1. The van der Waals surface area contributed by atoms with Crippen LogP contribution in [0.5, 0.6) is 11.5 Å². The van der Waals surface area contributed by atoms with E-state index in [4.69, 9.17) is 27.3 Å². The van der Waals surface area contributed by atoms with Gasteiger partial charge >= 0.3 is 11.9 Å². The number of benzene rings is 1. The summed E-state index contributed by atoms with van der Waals surface area (Å²) in [5, 5.41) is 46.1. The van der Waals surface area contributed by atoms with E-state index in [2.05, 4.69) is 15.5 Å². The normalized spacial score (nSPS) is 25.4. The number of phenols is 2. The second-order valence-corrected chi connectivity index (χ2v) is 14.8. The molecule has 3 fully saturated rings. The minimum Gasteiger partial charge on any atom is -0.504 e. The molecule has 0 saturated carbocycles. The lowest BCUT2D eigenvalue weighted by Gasteiger charge is -2.51. The molecule has 0 radical (unpaired) electrons. The van der Waals surface area contributed by atoms with Crippen molar-refractivity contribution in [3.05, 3.63) is 45.1 Å². The molecule has 1 aromatic carbocycles. The molecule has 7 N–H and O–H groups in total. The number of carbonyl (C=O) groups is 5. The van der Waals surface area contributed by atoms with Crippen LogP contribution in [0, 0.1) is 0 Å². The maximum Gasteiger partial charge on any atom is 0.352 e. The molecule has 266 valence electrons. The molecular formula is C30H33ClN7O10S2+. The number of rotatable bonds is 10. The van der Waals surface area contributed by atoms with Crippen molar-refractivity contribution in [2.45, 2.75) is 43.3 Å². The van der Waals surface area contributed by atoms with Crippen LogP contribution in [0.2, 0.25) is 5.02 Å². The Morgan fingerprint density at radius 2 is 2.00 bits per heavy atom. The summed E-state index contributed by atoms with van der Waals surface area (Å²) >= 11 is 8.49. The Labute approximate surface area is 297 Å². The fraction of sp³-hybridized carbons (Fsp3) is 0.433. The summed E-state index contributed by atoms with van der Waals surface area (Å²) in [6.45, 7) is 3.59. The Hall–Kier alpha value is -4.59. The number of nitrogens with two attached hydrogens (primary N) is 1. The molecule has 0 bridgehead atoms. The number of nitrogen functional groups attached to an aromatic ring is 1. The molecule has 6 rings (SSSR count). The van der Waals surface area contributed by atoms with Gasteiger partial charge in [-0.15, -0.1) is 23.1 Å². The Bertz CT molecular complexity index is 1850. The summed E-state index contributed by atoms with van der Waals surface area (Å²) in [4.78, 5) is 75.9. The van der Waals surface area contributed by atoms with Gasteiger partial charge in [0.25, 0.3) is 17.7 Å². The van der Waals surface area contributed by atoms with Crippen LogP contribution in [-0.4, -0.2) is 137 Å². The quantitative estimate of drug-likeness (QED) is 0.0650. The molecule has 20 heteroatoms. The van der Waals surface area contributed by atoms with Gasteiger partial charge in [-0.05, 0) is 19.1 Å². The number of hydrogen-bond acceptors (Lipinski definition) is 13. The third-order valence-corrected chi connectivity index (χ3v) is 11.8. The number of aromatic hydroxyl groups is 2. The lowest BCUT2D eigenvalue weighted by molar-refractivity contribution is -0.938. The van der Waals surface area contributed by atoms with Crippen molar-refractivity contribution >= 4 is 75.2 Å². The highest BCUT2D eigenvalue weighted by atomic mass is 35.5. The number of carboxylic acids is 2. The van der Waals surface area contributed by atoms with E-state index in [0.717, 1.165) is 30.7 Å². The summed E-state index contributed by atoms with van der Waals surface area (Å²) in [5.74, 6) is -5.21. The van der Waals surface area contributed by atoms with Crippen molar-refractivity contribution in [2.75, 3.05) is 44.2 Å². The number of carboxylic acid groups (broad SMARTS) is 2. The molecule has 2 aromatic rings. The Morgan fingerprint density at radius 3 is 2.68 bits per heavy atom. The van der Waals surface area contributed by atoms with Gasteiger partial charge in [0.05, 0.1) is 36.8 Å². The van der Waals surface area contributed by atoms with Crippen molar-refractivity contribution in [3.8, 4) is 11.5 Å². The van der Waals surface area contributed by atoms with E-state index in [1.807, 2.05) is 0 Å². The second kappa shape index (κ2) is 13.6. The molecule has 50 heavy (non-hydrogen) atoms. The zero-order valence-electron chi connectivity index (χ0n) is 26.4. The predicted octanol–water partition coefficient (Wildman–Crippen LogP) is 0.858. The number of halogens is 1. The lowest BCUT2D eigenvalue weighted by Crippen LogP contribution is -2.71. The average molecular weight is 751 g/mol. The van der Waals surface area contributed by atoms with Gasteiger partial charge in [-0.1, -0.05) is 16.8 Å². The summed E-state index contributed by atoms with van der Waals surface area (Å²) in [5.41, 5.74) is 5.83.